The van der Waals surface area contributed by atoms with Crippen molar-refractivity contribution in [3.05, 3.63) is 49.1 Å². The minimum absolute atomic E-state index is 0.0608. The van der Waals surface area contributed by atoms with E-state index in [2.05, 4.69) is 36.4 Å². The third kappa shape index (κ3) is 7.27. The molecule has 0 aromatic heterocycles. The normalized spacial score (nSPS) is 18.4. The number of amides is 1. The molecule has 1 fully saturated rings. The van der Waals surface area contributed by atoms with Gasteiger partial charge in [0.15, 0.2) is 15.0 Å². The minimum atomic E-state index is -3.70. The van der Waals surface area contributed by atoms with Crippen molar-refractivity contribution in [3.8, 4) is 0 Å². The number of hydrogen-bond donors (Lipinski definition) is 3. The van der Waals surface area contributed by atoms with Gasteiger partial charge in [0.2, 0.25) is 5.91 Å². The standard InChI is InChI=1S/C22H26N2O8S2/c1-4-6-31-20(26)13-8-15(11-16(9-13)34(3,29)30)24-19(25)17-10-14(12-23-17)18(22(28)33)21(27)32-7-5-2/h4-5,8-9,11,14,17-18,23H,1-2,6-7,10,12H2,3H3,(H,24,25)(H,28,33). The Morgan fingerprint density at radius 3 is 2.41 bits per heavy atom. The zero-order valence-electron chi connectivity index (χ0n) is 18.5. The third-order valence-corrected chi connectivity index (χ3v) is 6.36. The van der Waals surface area contributed by atoms with Gasteiger partial charge in [0, 0.05) is 18.5 Å². The van der Waals surface area contributed by atoms with E-state index in [0.717, 1.165) is 12.3 Å². The molecule has 3 unspecified atom stereocenters. The van der Waals surface area contributed by atoms with Crippen LogP contribution in [0.15, 0.2) is 48.4 Å². The number of sulfone groups is 1. The molecule has 2 rings (SSSR count). The summed E-state index contributed by atoms with van der Waals surface area (Å²) in [6.07, 6.45) is 3.83. The number of thiol groups is 1. The Hall–Kier alpha value is -2.96. The Bertz CT molecular complexity index is 1100. The lowest BCUT2D eigenvalue weighted by Crippen LogP contribution is -2.35. The molecule has 0 spiro atoms. The topological polar surface area (TPSA) is 145 Å². The highest BCUT2D eigenvalue weighted by molar-refractivity contribution is 7.96. The Morgan fingerprint density at radius 1 is 1.18 bits per heavy atom. The van der Waals surface area contributed by atoms with Crippen LogP contribution in [-0.2, 0) is 33.7 Å². The average molecular weight is 511 g/mol. The Labute approximate surface area is 203 Å². The van der Waals surface area contributed by atoms with E-state index in [1.165, 1.54) is 24.3 Å². The van der Waals surface area contributed by atoms with Crippen LogP contribution in [0, 0.1) is 11.8 Å². The number of hydrogen-bond acceptors (Lipinski definition) is 9. The fourth-order valence-electron chi connectivity index (χ4n) is 3.39. The van der Waals surface area contributed by atoms with Crippen LogP contribution in [0.5, 0.6) is 0 Å². The van der Waals surface area contributed by atoms with Gasteiger partial charge in [0.25, 0.3) is 0 Å². The molecule has 12 heteroatoms. The monoisotopic (exact) mass is 510 g/mol. The number of nitrogens with one attached hydrogen (secondary N) is 2. The Kier molecular flexibility index (Phi) is 9.59. The first kappa shape index (κ1) is 27.3. The van der Waals surface area contributed by atoms with Gasteiger partial charge >= 0.3 is 11.9 Å². The molecule has 34 heavy (non-hydrogen) atoms. The van der Waals surface area contributed by atoms with Gasteiger partial charge in [-0.2, -0.15) is 0 Å². The summed E-state index contributed by atoms with van der Waals surface area (Å²) in [6.45, 7) is 6.94. The van der Waals surface area contributed by atoms with Crippen LogP contribution in [0.4, 0.5) is 5.69 Å². The van der Waals surface area contributed by atoms with Crippen molar-refractivity contribution in [1.82, 2.24) is 5.32 Å². The van der Waals surface area contributed by atoms with Crippen molar-refractivity contribution in [2.45, 2.75) is 17.4 Å². The highest BCUT2D eigenvalue weighted by atomic mass is 32.2. The lowest BCUT2D eigenvalue weighted by molar-refractivity contribution is -0.151. The quantitative estimate of drug-likeness (QED) is 0.173. The van der Waals surface area contributed by atoms with Gasteiger partial charge in [-0.25, -0.2) is 13.2 Å². The van der Waals surface area contributed by atoms with E-state index in [1.54, 1.807) is 0 Å². The van der Waals surface area contributed by atoms with E-state index in [1.807, 2.05) is 0 Å². The molecule has 10 nitrogen and oxygen atoms in total. The van der Waals surface area contributed by atoms with Crippen LogP contribution in [-0.4, -0.2) is 63.4 Å². The molecule has 1 aromatic carbocycles. The van der Waals surface area contributed by atoms with Crippen LogP contribution in [0.3, 0.4) is 0 Å². The van der Waals surface area contributed by atoms with Crippen molar-refractivity contribution in [1.29, 1.82) is 0 Å². The van der Waals surface area contributed by atoms with Gasteiger partial charge in [0.1, 0.15) is 19.1 Å². The van der Waals surface area contributed by atoms with Gasteiger partial charge in [-0.1, -0.05) is 25.3 Å². The second-order valence-corrected chi connectivity index (χ2v) is 10.0. The highest BCUT2D eigenvalue weighted by Crippen LogP contribution is 2.27. The van der Waals surface area contributed by atoms with Crippen molar-refractivity contribution in [3.63, 3.8) is 0 Å². The second kappa shape index (κ2) is 12.0. The molecule has 0 saturated carbocycles. The number of ether oxygens (including phenoxy) is 2. The number of benzene rings is 1. The summed E-state index contributed by atoms with van der Waals surface area (Å²) in [5, 5.41) is 4.83. The number of carbonyl (C=O) groups is 4. The van der Waals surface area contributed by atoms with E-state index in [4.69, 9.17) is 9.47 Å². The zero-order chi connectivity index (χ0) is 25.5. The van der Waals surface area contributed by atoms with Crippen molar-refractivity contribution in [2.75, 3.05) is 31.3 Å². The molecular weight excluding hydrogens is 484 g/mol. The summed E-state index contributed by atoms with van der Waals surface area (Å²) in [6, 6.07) is 2.87. The average Bonchev–Trinajstić information content (AvgIpc) is 3.24. The summed E-state index contributed by atoms with van der Waals surface area (Å²) >= 11 is 3.78. The number of anilines is 1. The molecule has 2 N–H and O–H groups in total. The van der Waals surface area contributed by atoms with Gasteiger partial charge in [-0.05, 0) is 30.5 Å². The minimum Gasteiger partial charge on any atom is -0.461 e. The van der Waals surface area contributed by atoms with Crippen molar-refractivity contribution < 1.29 is 37.1 Å². The second-order valence-electron chi connectivity index (χ2n) is 7.59. The summed E-state index contributed by atoms with van der Waals surface area (Å²) in [5.41, 5.74) is -0.000950. The molecule has 1 heterocycles. The lowest BCUT2D eigenvalue weighted by Gasteiger charge is -2.18. The van der Waals surface area contributed by atoms with Crippen LogP contribution >= 0.6 is 12.6 Å². The number of esters is 2. The largest absolute Gasteiger partial charge is 0.461 e. The molecular formula is C22H26N2O8S2. The molecule has 1 saturated heterocycles. The highest BCUT2D eigenvalue weighted by Gasteiger charge is 2.41. The first-order valence-electron chi connectivity index (χ1n) is 10.2. The van der Waals surface area contributed by atoms with Crippen LogP contribution in [0.1, 0.15) is 16.8 Å². The maximum absolute atomic E-state index is 12.8. The predicted octanol–water partition coefficient (Wildman–Crippen LogP) is 1.15. The molecule has 0 radical (unpaired) electrons. The summed E-state index contributed by atoms with van der Waals surface area (Å²) in [5.74, 6) is -3.77. The van der Waals surface area contributed by atoms with E-state index in [-0.39, 0.29) is 42.3 Å². The number of rotatable bonds is 11. The first-order valence-corrected chi connectivity index (χ1v) is 12.5. The predicted molar refractivity (Wildman–Crippen MR) is 127 cm³/mol. The Balaban J connectivity index is 2.19. The zero-order valence-corrected chi connectivity index (χ0v) is 20.2. The summed E-state index contributed by atoms with van der Waals surface area (Å²) < 4.78 is 34.0. The Morgan fingerprint density at radius 2 is 1.82 bits per heavy atom. The fourth-order valence-corrected chi connectivity index (χ4v) is 4.39. The molecule has 0 bridgehead atoms. The van der Waals surface area contributed by atoms with E-state index >= 15 is 0 Å². The van der Waals surface area contributed by atoms with Gasteiger partial charge in [0.05, 0.1) is 16.5 Å². The van der Waals surface area contributed by atoms with Gasteiger partial charge in [-0.3, -0.25) is 14.4 Å². The molecule has 0 aliphatic carbocycles. The third-order valence-electron chi connectivity index (χ3n) is 4.99. The van der Waals surface area contributed by atoms with E-state index in [9.17, 15) is 27.6 Å². The van der Waals surface area contributed by atoms with Crippen molar-refractivity contribution in [2.24, 2.45) is 11.8 Å². The number of carbonyl (C=O) groups excluding carboxylic acids is 4. The molecule has 184 valence electrons. The van der Waals surface area contributed by atoms with E-state index in [0.29, 0.717) is 0 Å². The maximum Gasteiger partial charge on any atom is 0.338 e. The van der Waals surface area contributed by atoms with Gasteiger partial charge < -0.3 is 20.1 Å². The first-order chi connectivity index (χ1) is 16.0. The molecule has 1 aliphatic heterocycles. The smallest absolute Gasteiger partial charge is 0.338 e. The molecule has 1 aromatic rings. The van der Waals surface area contributed by atoms with Crippen LogP contribution < -0.4 is 10.6 Å². The summed E-state index contributed by atoms with van der Waals surface area (Å²) in [4.78, 5) is 49.0. The fraction of sp³-hybridized carbons (Fsp3) is 0.364. The van der Waals surface area contributed by atoms with Crippen molar-refractivity contribution >= 4 is 51.1 Å². The maximum atomic E-state index is 12.8. The lowest BCUT2D eigenvalue weighted by atomic mass is 9.90. The molecule has 1 amide bonds. The van der Waals surface area contributed by atoms with Crippen LogP contribution in [0.2, 0.25) is 0 Å². The van der Waals surface area contributed by atoms with Gasteiger partial charge in [-0.15, -0.1) is 12.6 Å². The molecule has 3 atom stereocenters. The summed E-state index contributed by atoms with van der Waals surface area (Å²) in [7, 11) is -3.70. The van der Waals surface area contributed by atoms with Crippen LogP contribution in [0.25, 0.3) is 0 Å². The molecule has 1 aliphatic rings. The SMILES string of the molecule is C=CCOC(=O)c1cc(NC(=O)C2CC(C(C(=O)S)C(=O)OCC=C)CN2)cc(S(C)(=O)=O)c1. The van der Waals surface area contributed by atoms with E-state index < -0.39 is 50.7 Å².